The molecule has 1 aliphatic rings. The van der Waals surface area contributed by atoms with Crippen molar-refractivity contribution in [3.05, 3.63) is 58.9 Å². The van der Waals surface area contributed by atoms with Crippen LogP contribution in [0.1, 0.15) is 18.4 Å². The van der Waals surface area contributed by atoms with Crippen LogP contribution in [-0.4, -0.2) is 6.04 Å². The number of ether oxygens (including phenoxy) is 1. The van der Waals surface area contributed by atoms with Crippen molar-refractivity contribution < 1.29 is 9.13 Å². The Morgan fingerprint density at radius 1 is 1.15 bits per heavy atom. The van der Waals surface area contributed by atoms with Gasteiger partial charge < -0.3 is 10.1 Å². The summed E-state index contributed by atoms with van der Waals surface area (Å²) in [5.74, 6) is 0.334. The smallest absolute Gasteiger partial charge is 0.167 e. The molecule has 2 nitrogen and oxygen atoms in total. The summed E-state index contributed by atoms with van der Waals surface area (Å²) in [5.41, 5.74) is 0.803. The minimum Gasteiger partial charge on any atom is -0.452 e. The lowest BCUT2D eigenvalue weighted by atomic mass is 10.2. The molecular weight excluding hydrogens is 277 g/mol. The van der Waals surface area contributed by atoms with E-state index in [0.717, 1.165) is 5.56 Å². The molecule has 0 aromatic heterocycles. The predicted octanol–water partition coefficient (Wildman–Crippen LogP) is 4.52. The highest BCUT2D eigenvalue weighted by molar-refractivity contribution is 6.32. The molecule has 1 saturated carbocycles. The Bertz CT molecular complexity index is 613. The molecule has 0 unspecified atom stereocenters. The van der Waals surface area contributed by atoms with Crippen molar-refractivity contribution in [2.45, 2.75) is 25.4 Å². The van der Waals surface area contributed by atoms with Gasteiger partial charge in [-0.15, -0.1) is 0 Å². The van der Waals surface area contributed by atoms with Crippen LogP contribution in [0.25, 0.3) is 0 Å². The minimum absolute atomic E-state index is 0.244. The third-order valence-electron chi connectivity index (χ3n) is 3.26. The lowest BCUT2D eigenvalue weighted by Gasteiger charge is -2.13. The van der Waals surface area contributed by atoms with Crippen LogP contribution in [0, 0.1) is 5.82 Å². The second-order valence-electron chi connectivity index (χ2n) is 4.92. The van der Waals surface area contributed by atoms with Crippen LogP contribution in [0.3, 0.4) is 0 Å². The molecule has 0 saturated heterocycles. The number of rotatable bonds is 5. The summed E-state index contributed by atoms with van der Waals surface area (Å²) in [4.78, 5) is 0. The Morgan fingerprint density at radius 2 is 1.95 bits per heavy atom. The number of nitrogens with one attached hydrogen (secondary N) is 1. The molecule has 0 radical (unpaired) electrons. The fourth-order valence-electron chi connectivity index (χ4n) is 1.99. The number of hydrogen-bond acceptors (Lipinski definition) is 2. The Labute approximate surface area is 122 Å². The van der Waals surface area contributed by atoms with Crippen LogP contribution in [0.15, 0.2) is 42.5 Å². The summed E-state index contributed by atoms with van der Waals surface area (Å²) in [6.45, 7) is 0.599. The van der Waals surface area contributed by atoms with E-state index in [9.17, 15) is 4.39 Å². The molecule has 0 aliphatic heterocycles. The standard InChI is InChI=1S/C16H15ClFNO/c17-13-5-1-2-7-15(13)20-16-11(4-3-6-14(16)18)10-19-12-8-9-12/h1-7,12,19H,8-10H2. The quantitative estimate of drug-likeness (QED) is 0.874. The third-order valence-corrected chi connectivity index (χ3v) is 3.57. The molecule has 2 aromatic rings. The van der Waals surface area contributed by atoms with Crippen LogP contribution in [-0.2, 0) is 6.54 Å². The number of benzene rings is 2. The SMILES string of the molecule is Fc1cccc(CNC2CC2)c1Oc1ccccc1Cl. The average Bonchev–Trinajstić information content (AvgIpc) is 3.26. The van der Waals surface area contributed by atoms with Gasteiger partial charge in [-0.3, -0.25) is 0 Å². The van der Waals surface area contributed by atoms with Crippen LogP contribution < -0.4 is 10.1 Å². The van der Waals surface area contributed by atoms with E-state index in [4.69, 9.17) is 16.3 Å². The van der Waals surface area contributed by atoms with Crippen LogP contribution in [0.4, 0.5) is 4.39 Å². The van der Waals surface area contributed by atoms with E-state index in [2.05, 4.69) is 5.32 Å². The topological polar surface area (TPSA) is 21.3 Å². The first-order valence-electron chi connectivity index (χ1n) is 6.67. The Hall–Kier alpha value is -1.58. The lowest BCUT2D eigenvalue weighted by molar-refractivity contribution is 0.433. The van der Waals surface area contributed by atoms with Crippen molar-refractivity contribution in [3.8, 4) is 11.5 Å². The normalized spacial score (nSPS) is 14.3. The van der Waals surface area contributed by atoms with Gasteiger partial charge in [0.25, 0.3) is 0 Å². The maximum Gasteiger partial charge on any atom is 0.167 e. The van der Waals surface area contributed by atoms with Crippen LogP contribution >= 0.6 is 11.6 Å². The second kappa shape index (κ2) is 5.81. The van der Waals surface area contributed by atoms with Crippen molar-refractivity contribution in [2.24, 2.45) is 0 Å². The predicted molar refractivity (Wildman–Crippen MR) is 77.8 cm³/mol. The molecule has 104 valence electrons. The molecule has 4 heteroatoms. The zero-order valence-electron chi connectivity index (χ0n) is 10.9. The highest BCUT2D eigenvalue weighted by Crippen LogP contribution is 2.33. The zero-order chi connectivity index (χ0) is 13.9. The summed E-state index contributed by atoms with van der Waals surface area (Å²) in [6, 6.07) is 12.6. The summed E-state index contributed by atoms with van der Waals surface area (Å²) in [5, 5.41) is 3.83. The van der Waals surface area contributed by atoms with E-state index in [1.807, 2.05) is 18.2 Å². The number of para-hydroxylation sites is 2. The van der Waals surface area contributed by atoms with Crippen molar-refractivity contribution in [3.63, 3.8) is 0 Å². The molecule has 3 rings (SSSR count). The van der Waals surface area contributed by atoms with Crippen molar-refractivity contribution in [2.75, 3.05) is 0 Å². The minimum atomic E-state index is -0.375. The lowest BCUT2D eigenvalue weighted by Crippen LogP contribution is -2.16. The third kappa shape index (κ3) is 3.11. The summed E-state index contributed by atoms with van der Waals surface area (Å²) < 4.78 is 19.7. The van der Waals surface area contributed by atoms with Gasteiger partial charge >= 0.3 is 0 Å². The summed E-state index contributed by atoms with van der Waals surface area (Å²) in [6.07, 6.45) is 2.38. The monoisotopic (exact) mass is 291 g/mol. The molecular formula is C16H15ClFNO. The van der Waals surface area contributed by atoms with E-state index in [1.54, 1.807) is 18.2 Å². The summed E-state index contributed by atoms with van der Waals surface area (Å²) in [7, 11) is 0. The van der Waals surface area contributed by atoms with E-state index in [-0.39, 0.29) is 11.6 Å². The highest BCUT2D eigenvalue weighted by atomic mass is 35.5. The van der Waals surface area contributed by atoms with Crippen molar-refractivity contribution >= 4 is 11.6 Å². The van der Waals surface area contributed by atoms with Gasteiger partial charge in [-0.2, -0.15) is 0 Å². The molecule has 2 aromatic carbocycles. The molecule has 1 N–H and O–H groups in total. The molecule has 20 heavy (non-hydrogen) atoms. The van der Waals surface area contributed by atoms with E-state index < -0.39 is 0 Å². The molecule has 0 atom stereocenters. The fourth-order valence-corrected chi connectivity index (χ4v) is 2.16. The first kappa shape index (κ1) is 13.4. The van der Waals surface area contributed by atoms with Gasteiger partial charge in [0.1, 0.15) is 5.75 Å². The summed E-state index contributed by atoms with van der Waals surface area (Å²) >= 11 is 6.05. The number of halogens is 2. The first-order chi connectivity index (χ1) is 9.74. The molecule has 0 amide bonds. The van der Waals surface area contributed by atoms with Crippen LogP contribution in [0.2, 0.25) is 5.02 Å². The zero-order valence-corrected chi connectivity index (χ0v) is 11.7. The van der Waals surface area contributed by atoms with Gasteiger partial charge in [-0.1, -0.05) is 35.9 Å². The van der Waals surface area contributed by atoms with Crippen LogP contribution in [0.5, 0.6) is 11.5 Å². The highest BCUT2D eigenvalue weighted by Gasteiger charge is 2.21. The van der Waals surface area contributed by atoms with Gasteiger partial charge in [0, 0.05) is 18.2 Å². The maximum absolute atomic E-state index is 14.0. The first-order valence-corrected chi connectivity index (χ1v) is 7.05. The van der Waals surface area contributed by atoms with E-state index in [0.29, 0.717) is 23.4 Å². The largest absolute Gasteiger partial charge is 0.452 e. The van der Waals surface area contributed by atoms with Crippen molar-refractivity contribution in [1.82, 2.24) is 5.32 Å². The Morgan fingerprint density at radius 3 is 2.70 bits per heavy atom. The van der Waals surface area contributed by atoms with E-state index in [1.165, 1.54) is 18.9 Å². The molecule has 1 aliphatic carbocycles. The molecule has 1 fully saturated rings. The van der Waals surface area contributed by atoms with E-state index >= 15 is 0 Å². The molecule has 0 spiro atoms. The Balaban J connectivity index is 1.85. The van der Waals surface area contributed by atoms with Gasteiger partial charge in [0.05, 0.1) is 5.02 Å². The maximum atomic E-state index is 14.0. The fraction of sp³-hybridized carbons (Fsp3) is 0.250. The number of hydrogen-bond donors (Lipinski definition) is 1. The Kier molecular flexibility index (Phi) is 3.90. The molecule has 0 heterocycles. The van der Waals surface area contributed by atoms with Gasteiger partial charge in [-0.25, -0.2) is 4.39 Å². The molecule has 0 bridgehead atoms. The van der Waals surface area contributed by atoms with Gasteiger partial charge in [0.2, 0.25) is 0 Å². The average molecular weight is 292 g/mol. The second-order valence-corrected chi connectivity index (χ2v) is 5.32. The van der Waals surface area contributed by atoms with Gasteiger partial charge in [-0.05, 0) is 31.0 Å². The van der Waals surface area contributed by atoms with Gasteiger partial charge in [0.15, 0.2) is 11.6 Å². The van der Waals surface area contributed by atoms with Crippen molar-refractivity contribution in [1.29, 1.82) is 0 Å².